The number of carbonyl (C=O) groups is 2. The predicted molar refractivity (Wildman–Crippen MR) is 63.1 cm³/mol. The molecule has 2 atom stereocenters. The highest BCUT2D eigenvalue weighted by molar-refractivity contribution is 14.1. The first-order chi connectivity index (χ1) is 6.76. The van der Waals surface area contributed by atoms with Crippen LogP contribution < -0.4 is 0 Å². The average molecular weight is 326 g/mol. The third-order valence-electron chi connectivity index (χ3n) is 3.68. The summed E-state index contributed by atoms with van der Waals surface area (Å²) in [5.74, 6) is -2.32. The molecule has 86 valence electrons. The van der Waals surface area contributed by atoms with E-state index in [1.807, 2.05) is 29.5 Å². The molecule has 15 heavy (non-hydrogen) atoms. The van der Waals surface area contributed by atoms with E-state index in [2.05, 4.69) is 0 Å². The molecule has 0 heterocycles. The van der Waals surface area contributed by atoms with Crippen molar-refractivity contribution in [3.8, 4) is 0 Å². The first kappa shape index (κ1) is 12.7. The van der Waals surface area contributed by atoms with E-state index < -0.39 is 20.8 Å². The second kappa shape index (κ2) is 3.92. The van der Waals surface area contributed by atoms with Crippen molar-refractivity contribution in [1.29, 1.82) is 0 Å². The number of hydrogen-bond acceptors (Lipinski definition) is 2. The van der Waals surface area contributed by atoms with Gasteiger partial charge in [-0.2, -0.15) is 0 Å². The molecule has 0 amide bonds. The Morgan fingerprint density at radius 2 is 1.80 bits per heavy atom. The number of hydrogen-bond donors (Lipinski definition) is 2. The van der Waals surface area contributed by atoms with Crippen LogP contribution in [0.1, 0.15) is 33.1 Å². The summed E-state index contributed by atoms with van der Waals surface area (Å²) in [4.78, 5) is 22.6. The Hall–Kier alpha value is -0.330. The van der Waals surface area contributed by atoms with Gasteiger partial charge in [-0.25, -0.2) is 0 Å². The quantitative estimate of drug-likeness (QED) is 0.463. The summed E-state index contributed by atoms with van der Waals surface area (Å²) < 4.78 is -0.735. The number of carboxylic acids is 2. The Kier molecular flexibility index (Phi) is 3.33. The average Bonchev–Trinajstić information content (AvgIpc) is 2.08. The van der Waals surface area contributed by atoms with Crippen LogP contribution in [0, 0.1) is 11.3 Å². The summed E-state index contributed by atoms with van der Waals surface area (Å²) >= 11 is 2.00. The molecule has 5 heteroatoms. The molecule has 1 aliphatic carbocycles. The lowest BCUT2D eigenvalue weighted by Gasteiger charge is -2.46. The summed E-state index contributed by atoms with van der Waals surface area (Å²) in [7, 11) is 0. The van der Waals surface area contributed by atoms with E-state index in [1.165, 1.54) is 0 Å². The van der Waals surface area contributed by atoms with Gasteiger partial charge in [0.2, 0.25) is 0 Å². The van der Waals surface area contributed by atoms with E-state index in [9.17, 15) is 19.8 Å². The van der Waals surface area contributed by atoms with Crippen LogP contribution in [-0.4, -0.2) is 25.6 Å². The fourth-order valence-corrected chi connectivity index (χ4v) is 3.38. The van der Waals surface area contributed by atoms with Gasteiger partial charge in [0.1, 0.15) is 0 Å². The molecular weight excluding hydrogens is 311 g/mol. The minimum Gasteiger partial charge on any atom is -0.480 e. The standard InChI is InChI=1S/C10H15IO4/c1-6-4-3-5-10(7(12)13,8(14)15)9(6,2)11/h6H,3-5H2,1-2H3,(H,12,13)(H,14,15). The maximum absolute atomic E-state index is 11.3. The van der Waals surface area contributed by atoms with Gasteiger partial charge < -0.3 is 10.2 Å². The van der Waals surface area contributed by atoms with Crippen LogP contribution in [0.4, 0.5) is 0 Å². The van der Waals surface area contributed by atoms with E-state index in [0.29, 0.717) is 6.42 Å². The van der Waals surface area contributed by atoms with Crippen LogP contribution in [0.25, 0.3) is 0 Å². The number of rotatable bonds is 2. The van der Waals surface area contributed by atoms with Gasteiger partial charge in [-0.15, -0.1) is 0 Å². The minimum atomic E-state index is -1.63. The van der Waals surface area contributed by atoms with Gasteiger partial charge in [-0.3, -0.25) is 9.59 Å². The topological polar surface area (TPSA) is 74.6 Å². The largest absolute Gasteiger partial charge is 0.480 e. The fourth-order valence-electron chi connectivity index (χ4n) is 2.33. The monoisotopic (exact) mass is 326 g/mol. The van der Waals surface area contributed by atoms with Crippen LogP contribution >= 0.6 is 22.6 Å². The van der Waals surface area contributed by atoms with Gasteiger partial charge in [0.25, 0.3) is 0 Å². The Labute approximate surface area is 102 Å². The van der Waals surface area contributed by atoms with Crippen molar-refractivity contribution in [3.05, 3.63) is 0 Å². The highest BCUT2D eigenvalue weighted by atomic mass is 127. The van der Waals surface area contributed by atoms with Crippen LogP contribution in [0.5, 0.6) is 0 Å². The van der Waals surface area contributed by atoms with Crippen LogP contribution in [-0.2, 0) is 9.59 Å². The summed E-state index contributed by atoms with van der Waals surface area (Å²) in [5.41, 5.74) is -1.63. The Morgan fingerprint density at radius 1 is 1.33 bits per heavy atom. The van der Waals surface area contributed by atoms with Crippen molar-refractivity contribution in [3.63, 3.8) is 0 Å². The molecule has 0 aromatic rings. The second-order valence-corrected chi connectivity index (χ2v) is 6.63. The van der Waals surface area contributed by atoms with Gasteiger partial charge in [0.15, 0.2) is 5.41 Å². The SMILES string of the molecule is CC1CCCC(C(=O)O)(C(=O)O)C1(C)I. The van der Waals surface area contributed by atoms with E-state index in [1.54, 1.807) is 6.92 Å². The Morgan fingerprint density at radius 3 is 2.13 bits per heavy atom. The number of aliphatic carboxylic acids is 2. The van der Waals surface area contributed by atoms with Crippen LogP contribution in [0.2, 0.25) is 0 Å². The molecule has 1 saturated carbocycles. The molecule has 0 radical (unpaired) electrons. The lowest BCUT2D eigenvalue weighted by molar-refractivity contribution is -0.170. The fraction of sp³-hybridized carbons (Fsp3) is 0.800. The first-order valence-corrected chi connectivity index (χ1v) is 6.00. The van der Waals surface area contributed by atoms with Gasteiger partial charge in [0.05, 0.1) is 0 Å². The van der Waals surface area contributed by atoms with Crippen molar-refractivity contribution < 1.29 is 19.8 Å². The molecule has 2 unspecified atom stereocenters. The van der Waals surface area contributed by atoms with Gasteiger partial charge in [0, 0.05) is 3.42 Å². The van der Waals surface area contributed by atoms with Crippen LogP contribution in [0.15, 0.2) is 0 Å². The molecule has 1 aliphatic rings. The molecule has 0 spiro atoms. The normalized spacial score (nSPS) is 34.7. The third-order valence-corrected chi connectivity index (χ3v) is 5.66. The molecule has 0 aromatic carbocycles. The van der Waals surface area contributed by atoms with Gasteiger partial charge in [-0.05, 0) is 25.7 Å². The molecule has 0 aromatic heterocycles. The summed E-state index contributed by atoms with van der Waals surface area (Å²) in [6, 6.07) is 0. The van der Waals surface area contributed by atoms with Gasteiger partial charge >= 0.3 is 11.9 Å². The first-order valence-electron chi connectivity index (χ1n) is 4.92. The van der Waals surface area contributed by atoms with Crippen molar-refractivity contribution in [2.75, 3.05) is 0 Å². The summed E-state index contributed by atoms with van der Waals surface area (Å²) in [6.45, 7) is 3.66. The highest BCUT2D eigenvalue weighted by Gasteiger charge is 2.62. The maximum atomic E-state index is 11.3. The van der Waals surface area contributed by atoms with Crippen molar-refractivity contribution >= 4 is 34.5 Å². The predicted octanol–water partition coefficient (Wildman–Crippen LogP) is 2.16. The zero-order chi connectivity index (χ0) is 11.9. The molecule has 1 fully saturated rings. The lowest BCUT2D eigenvalue weighted by atomic mass is 9.62. The van der Waals surface area contributed by atoms with Gasteiger partial charge in [-0.1, -0.05) is 35.9 Å². The molecule has 0 saturated heterocycles. The van der Waals surface area contributed by atoms with Crippen molar-refractivity contribution in [1.82, 2.24) is 0 Å². The molecule has 2 N–H and O–H groups in total. The molecule has 0 bridgehead atoms. The molecule has 1 rings (SSSR count). The minimum absolute atomic E-state index is 0.0963. The lowest BCUT2D eigenvalue weighted by Crippen LogP contribution is -2.58. The number of carboxylic acid groups (broad SMARTS) is 2. The van der Waals surface area contributed by atoms with E-state index in [4.69, 9.17) is 0 Å². The smallest absolute Gasteiger partial charge is 0.322 e. The Balaban J connectivity index is 3.27. The highest BCUT2D eigenvalue weighted by Crippen LogP contribution is 2.53. The number of alkyl halides is 1. The van der Waals surface area contributed by atoms with E-state index >= 15 is 0 Å². The molecular formula is C10H15IO4. The third kappa shape index (κ3) is 1.64. The molecule has 0 aliphatic heterocycles. The van der Waals surface area contributed by atoms with Crippen LogP contribution in [0.3, 0.4) is 0 Å². The zero-order valence-electron chi connectivity index (χ0n) is 8.79. The second-order valence-electron chi connectivity index (χ2n) is 4.38. The number of halogens is 1. The summed E-state index contributed by atoms with van der Waals surface area (Å²) in [6.07, 6.45) is 1.78. The van der Waals surface area contributed by atoms with E-state index in [-0.39, 0.29) is 12.3 Å². The molecule has 4 nitrogen and oxygen atoms in total. The van der Waals surface area contributed by atoms with Crippen molar-refractivity contribution in [2.24, 2.45) is 11.3 Å². The summed E-state index contributed by atoms with van der Waals surface area (Å²) in [5, 5.41) is 18.5. The maximum Gasteiger partial charge on any atom is 0.322 e. The Bertz CT molecular complexity index is 284. The van der Waals surface area contributed by atoms with E-state index in [0.717, 1.165) is 6.42 Å². The zero-order valence-corrected chi connectivity index (χ0v) is 10.9. The van der Waals surface area contributed by atoms with Crippen molar-refractivity contribution in [2.45, 2.75) is 36.5 Å².